The number of hydrogen-bond donors (Lipinski definition) is 1. The first-order chi connectivity index (χ1) is 8.55. The zero-order chi connectivity index (χ0) is 12.8. The largest absolute Gasteiger partial charge is 0.493 e. The number of benzene rings is 1. The number of rotatable bonds is 2. The lowest BCUT2D eigenvalue weighted by atomic mass is 9.83. The van der Waals surface area contributed by atoms with Crippen molar-refractivity contribution in [3.63, 3.8) is 0 Å². The van der Waals surface area contributed by atoms with E-state index in [4.69, 9.17) is 4.74 Å². The summed E-state index contributed by atoms with van der Waals surface area (Å²) in [6.07, 6.45) is 3.77. The molecule has 0 saturated heterocycles. The zero-order valence-corrected chi connectivity index (χ0v) is 11.6. The highest BCUT2D eigenvalue weighted by Crippen LogP contribution is 2.41. The maximum absolute atomic E-state index is 5.97. The summed E-state index contributed by atoms with van der Waals surface area (Å²) in [6, 6.07) is 7.85. The van der Waals surface area contributed by atoms with Gasteiger partial charge in [-0.3, -0.25) is 0 Å². The van der Waals surface area contributed by atoms with E-state index in [-0.39, 0.29) is 5.41 Å². The van der Waals surface area contributed by atoms with Crippen LogP contribution < -0.4 is 10.1 Å². The number of para-hydroxylation sites is 1. The topological polar surface area (TPSA) is 21.3 Å². The molecule has 0 radical (unpaired) electrons. The van der Waals surface area contributed by atoms with Gasteiger partial charge >= 0.3 is 0 Å². The number of fused-ring (bicyclic) bond motifs is 1. The predicted octanol–water partition coefficient (Wildman–Crippen LogP) is 3.56. The van der Waals surface area contributed by atoms with Crippen molar-refractivity contribution < 1.29 is 4.74 Å². The molecule has 2 nitrogen and oxygen atoms in total. The van der Waals surface area contributed by atoms with Crippen LogP contribution in [-0.2, 0) is 5.41 Å². The van der Waals surface area contributed by atoms with Crippen molar-refractivity contribution in [2.45, 2.75) is 57.5 Å². The van der Waals surface area contributed by atoms with E-state index in [1.54, 1.807) is 0 Å². The summed E-state index contributed by atoms with van der Waals surface area (Å²) in [7, 11) is 0. The van der Waals surface area contributed by atoms with Crippen LogP contribution in [-0.4, -0.2) is 12.6 Å². The second-order valence-corrected chi connectivity index (χ2v) is 6.60. The minimum Gasteiger partial charge on any atom is -0.493 e. The van der Waals surface area contributed by atoms with Crippen molar-refractivity contribution in [3.8, 4) is 5.75 Å². The molecular weight excluding hydrogens is 222 g/mol. The number of hydrogen-bond acceptors (Lipinski definition) is 2. The molecule has 1 N–H and O–H groups in total. The van der Waals surface area contributed by atoms with Crippen LogP contribution in [0, 0.1) is 0 Å². The maximum atomic E-state index is 5.97. The van der Waals surface area contributed by atoms with E-state index in [1.165, 1.54) is 24.0 Å². The summed E-state index contributed by atoms with van der Waals surface area (Å²) in [5.74, 6) is 1.13. The molecule has 1 fully saturated rings. The lowest BCUT2D eigenvalue weighted by Gasteiger charge is -2.32. The van der Waals surface area contributed by atoms with E-state index < -0.39 is 0 Å². The SMILES string of the molecule is CC(C)(C)c1cccc2c1OCCC2NC1CC1. The summed E-state index contributed by atoms with van der Waals surface area (Å²) in [6.45, 7) is 7.60. The highest BCUT2D eigenvalue weighted by atomic mass is 16.5. The van der Waals surface area contributed by atoms with Crippen LogP contribution in [0.3, 0.4) is 0 Å². The third kappa shape index (κ3) is 2.26. The van der Waals surface area contributed by atoms with Crippen molar-refractivity contribution in [3.05, 3.63) is 29.3 Å². The molecule has 0 amide bonds. The van der Waals surface area contributed by atoms with Crippen molar-refractivity contribution in [2.75, 3.05) is 6.61 Å². The molecule has 98 valence electrons. The van der Waals surface area contributed by atoms with Gasteiger partial charge in [0.05, 0.1) is 6.61 Å². The standard InChI is InChI=1S/C16H23NO/c1-16(2,3)13-6-4-5-12-14(17-11-7-8-11)9-10-18-15(12)13/h4-6,11,14,17H,7-10H2,1-3H3. The molecule has 1 aromatic carbocycles. The molecule has 2 aliphatic rings. The van der Waals surface area contributed by atoms with Gasteiger partial charge in [-0.05, 0) is 23.8 Å². The molecule has 1 aliphatic heterocycles. The molecule has 1 aliphatic carbocycles. The van der Waals surface area contributed by atoms with Gasteiger partial charge in [0.15, 0.2) is 0 Å². The van der Waals surface area contributed by atoms with Crippen LogP contribution in [0.2, 0.25) is 0 Å². The van der Waals surface area contributed by atoms with Gasteiger partial charge in [-0.2, -0.15) is 0 Å². The zero-order valence-electron chi connectivity index (χ0n) is 11.6. The lowest BCUT2D eigenvalue weighted by molar-refractivity contribution is 0.246. The Morgan fingerprint density at radius 3 is 2.61 bits per heavy atom. The fourth-order valence-corrected chi connectivity index (χ4v) is 2.72. The summed E-state index contributed by atoms with van der Waals surface area (Å²) < 4.78 is 5.97. The molecule has 18 heavy (non-hydrogen) atoms. The normalized spacial score (nSPS) is 23.4. The Balaban J connectivity index is 1.96. The van der Waals surface area contributed by atoms with E-state index >= 15 is 0 Å². The highest BCUT2D eigenvalue weighted by molar-refractivity contribution is 5.47. The summed E-state index contributed by atoms with van der Waals surface area (Å²) in [4.78, 5) is 0. The first-order valence-electron chi connectivity index (χ1n) is 7.08. The van der Waals surface area contributed by atoms with Gasteiger partial charge in [0.1, 0.15) is 5.75 Å². The molecule has 0 aromatic heterocycles. The van der Waals surface area contributed by atoms with Gasteiger partial charge < -0.3 is 10.1 Å². The van der Waals surface area contributed by atoms with Crippen LogP contribution in [0.1, 0.15) is 57.2 Å². The van der Waals surface area contributed by atoms with E-state index in [1.807, 2.05) is 0 Å². The fraction of sp³-hybridized carbons (Fsp3) is 0.625. The molecule has 1 aromatic rings. The Morgan fingerprint density at radius 2 is 1.94 bits per heavy atom. The van der Waals surface area contributed by atoms with Crippen LogP contribution in [0.15, 0.2) is 18.2 Å². The van der Waals surface area contributed by atoms with E-state index in [2.05, 4.69) is 44.3 Å². The molecule has 3 rings (SSSR count). The maximum Gasteiger partial charge on any atom is 0.127 e. The Hall–Kier alpha value is -1.02. The van der Waals surface area contributed by atoms with Gasteiger partial charge in [-0.1, -0.05) is 39.0 Å². The summed E-state index contributed by atoms with van der Waals surface area (Å²) >= 11 is 0. The smallest absolute Gasteiger partial charge is 0.127 e. The van der Waals surface area contributed by atoms with E-state index in [0.29, 0.717) is 6.04 Å². The quantitative estimate of drug-likeness (QED) is 0.860. The lowest BCUT2D eigenvalue weighted by Crippen LogP contribution is -2.30. The second-order valence-electron chi connectivity index (χ2n) is 6.60. The molecular formula is C16H23NO. The third-order valence-corrected chi connectivity index (χ3v) is 3.90. The average molecular weight is 245 g/mol. The van der Waals surface area contributed by atoms with Gasteiger partial charge in [-0.25, -0.2) is 0 Å². The third-order valence-electron chi connectivity index (χ3n) is 3.90. The molecule has 0 spiro atoms. The number of ether oxygens (including phenoxy) is 1. The van der Waals surface area contributed by atoms with Gasteiger partial charge in [0.25, 0.3) is 0 Å². The Bertz CT molecular complexity index is 443. The summed E-state index contributed by atoms with van der Waals surface area (Å²) in [5.41, 5.74) is 2.84. The van der Waals surface area contributed by atoms with Crippen molar-refractivity contribution >= 4 is 0 Å². The minimum atomic E-state index is 0.146. The van der Waals surface area contributed by atoms with Crippen LogP contribution in [0.4, 0.5) is 0 Å². The Labute approximate surface area is 110 Å². The fourth-order valence-electron chi connectivity index (χ4n) is 2.72. The molecule has 1 saturated carbocycles. The Morgan fingerprint density at radius 1 is 1.17 bits per heavy atom. The van der Waals surface area contributed by atoms with Gasteiger partial charge in [0, 0.05) is 24.1 Å². The van der Waals surface area contributed by atoms with Crippen LogP contribution >= 0.6 is 0 Å². The van der Waals surface area contributed by atoms with Crippen LogP contribution in [0.25, 0.3) is 0 Å². The minimum absolute atomic E-state index is 0.146. The van der Waals surface area contributed by atoms with Crippen molar-refractivity contribution in [1.82, 2.24) is 5.32 Å². The van der Waals surface area contributed by atoms with Crippen molar-refractivity contribution in [1.29, 1.82) is 0 Å². The molecule has 1 atom stereocenters. The van der Waals surface area contributed by atoms with Crippen molar-refractivity contribution in [2.24, 2.45) is 0 Å². The molecule has 1 unspecified atom stereocenters. The molecule has 0 bridgehead atoms. The highest BCUT2D eigenvalue weighted by Gasteiger charge is 2.31. The summed E-state index contributed by atoms with van der Waals surface area (Å²) in [5, 5.41) is 3.75. The molecule has 1 heterocycles. The van der Waals surface area contributed by atoms with E-state index in [9.17, 15) is 0 Å². The van der Waals surface area contributed by atoms with Gasteiger partial charge in [0.2, 0.25) is 0 Å². The Kier molecular flexibility index (Phi) is 2.86. The number of nitrogens with one attached hydrogen (secondary N) is 1. The van der Waals surface area contributed by atoms with Gasteiger partial charge in [-0.15, -0.1) is 0 Å². The monoisotopic (exact) mass is 245 g/mol. The first kappa shape index (κ1) is 12.0. The average Bonchev–Trinajstić information content (AvgIpc) is 3.11. The molecule has 2 heteroatoms. The first-order valence-corrected chi connectivity index (χ1v) is 7.08. The second kappa shape index (κ2) is 4.27. The van der Waals surface area contributed by atoms with E-state index in [0.717, 1.165) is 24.8 Å². The van der Waals surface area contributed by atoms with Crippen LogP contribution in [0.5, 0.6) is 5.75 Å². The predicted molar refractivity (Wildman–Crippen MR) is 74.2 cm³/mol.